The van der Waals surface area contributed by atoms with Crippen LogP contribution in [0.2, 0.25) is 0 Å². The molecule has 0 radical (unpaired) electrons. The van der Waals surface area contributed by atoms with Crippen molar-refractivity contribution < 1.29 is 13.2 Å². The summed E-state index contributed by atoms with van der Waals surface area (Å²) >= 11 is 4.81. The van der Waals surface area contributed by atoms with Crippen LogP contribution in [-0.4, -0.2) is 9.97 Å². The number of thiophene rings is 1. The van der Waals surface area contributed by atoms with Gasteiger partial charge in [-0.05, 0) is 27.4 Å². The van der Waals surface area contributed by atoms with E-state index in [1.807, 2.05) is 11.4 Å². The van der Waals surface area contributed by atoms with Gasteiger partial charge in [-0.1, -0.05) is 0 Å². The number of halogens is 4. The van der Waals surface area contributed by atoms with Crippen molar-refractivity contribution in [3.05, 3.63) is 32.6 Å². The van der Waals surface area contributed by atoms with E-state index in [1.165, 1.54) is 11.3 Å². The van der Waals surface area contributed by atoms with E-state index in [9.17, 15) is 13.2 Å². The van der Waals surface area contributed by atoms with E-state index >= 15 is 0 Å². The molecule has 0 amide bonds. The van der Waals surface area contributed by atoms with Gasteiger partial charge in [0.05, 0.1) is 6.54 Å². The molecule has 2 aromatic heterocycles. The maximum Gasteiger partial charge on any atom is 0.433 e. The monoisotopic (exact) mass is 352 g/mol. The van der Waals surface area contributed by atoms with Crippen molar-refractivity contribution in [3.63, 3.8) is 0 Å². The number of aromatic nitrogens is 2. The average Bonchev–Trinajstić information content (AvgIpc) is 2.70. The molecule has 0 bridgehead atoms. The van der Waals surface area contributed by atoms with Crippen LogP contribution in [0.5, 0.6) is 0 Å². The van der Waals surface area contributed by atoms with Gasteiger partial charge in [0, 0.05) is 15.4 Å². The Kier molecular flexibility index (Phi) is 3.95. The van der Waals surface area contributed by atoms with Gasteiger partial charge in [-0.25, -0.2) is 4.98 Å². The zero-order chi connectivity index (χ0) is 14.0. The molecular weight excluding hydrogens is 345 g/mol. The number of hydrogen-bond donors (Lipinski definition) is 2. The highest BCUT2D eigenvalue weighted by Gasteiger charge is 2.33. The first-order chi connectivity index (χ1) is 8.86. The third-order valence-electron chi connectivity index (χ3n) is 2.15. The molecule has 0 aliphatic carbocycles. The molecule has 0 fully saturated rings. The Morgan fingerprint density at radius 3 is 2.68 bits per heavy atom. The summed E-state index contributed by atoms with van der Waals surface area (Å²) in [4.78, 5) is 7.83. The molecule has 0 aromatic carbocycles. The summed E-state index contributed by atoms with van der Waals surface area (Å²) in [6.45, 7) is 0.353. The second-order valence-corrected chi connectivity index (χ2v) is 5.39. The molecule has 4 nitrogen and oxygen atoms in total. The van der Waals surface area contributed by atoms with Crippen LogP contribution in [-0.2, 0) is 12.7 Å². The molecule has 102 valence electrons. The number of rotatable bonds is 3. The van der Waals surface area contributed by atoms with E-state index < -0.39 is 17.8 Å². The molecular formula is C10H8BrF3N4S. The number of anilines is 2. The van der Waals surface area contributed by atoms with Gasteiger partial charge in [-0.15, -0.1) is 11.3 Å². The third-order valence-corrected chi connectivity index (χ3v) is 4.08. The summed E-state index contributed by atoms with van der Waals surface area (Å²) in [5, 5.41) is 4.66. The van der Waals surface area contributed by atoms with E-state index in [1.54, 1.807) is 0 Å². The lowest BCUT2D eigenvalue weighted by molar-refractivity contribution is -0.141. The van der Waals surface area contributed by atoms with E-state index in [0.717, 1.165) is 15.4 Å². The molecule has 0 aliphatic rings. The Balaban J connectivity index is 2.17. The van der Waals surface area contributed by atoms with Crippen LogP contribution >= 0.6 is 27.3 Å². The lowest BCUT2D eigenvalue weighted by atomic mass is 10.3. The van der Waals surface area contributed by atoms with Crippen molar-refractivity contribution in [3.8, 4) is 0 Å². The van der Waals surface area contributed by atoms with Gasteiger partial charge < -0.3 is 11.1 Å². The summed E-state index contributed by atoms with van der Waals surface area (Å²) in [6, 6.07) is 2.69. The predicted octanol–water partition coefficient (Wildman–Crippen LogP) is 3.51. The number of nitrogens with one attached hydrogen (secondary N) is 1. The molecule has 9 heteroatoms. The van der Waals surface area contributed by atoms with Gasteiger partial charge in [0.25, 0.3) is 0 Å². The number of alkyl halides is 3. The Hall–Kier alpha value is -1.35. The summed E-state index contributed by atoms with van der Waals surface area (Å²) in [6.07, 6.45) is -4.54. The molecule has 0 aliphatic heterocycles. The highest BCUT2D eigenvalue weighted by atomic mass is 79.9. The van der Waals surface area contributed by atoms with Crippen molar-refractivity contribution in [2.45, 2.75) is 12.7 Å². The Bertz CT molecular complexity index is 584. The van der Waals surface area contributed by atoms with E-state index in [0.29, 0.717) is 6.54 Å². The van der Waals surface area contributed by atoms with Gasteiger partial charge in [0.15, 0.2) is 5.69 Å². The highest BCUT2D eigenvalue weighted by molar-refractivity contribution is 9.10. The highest BCUT2D eigenvalue weighted by Crippen LogP contribution is 2.29. The maximum atomic E-state index is 12.5. The molecule has 0 saturated heterocycles. The van der Waals surface area contributed by atoms with E-state index in [-0.39, 0.29) is 5.82 Å². The largest absolute Gasteiger partial charge is 0.433 e. The van der Waals surface area contributed by atoms with Gasteiger partial charge in [-0.3, -0.25) is 0 Å². The topological polar surface area (TPSA) is 63.8 Å². The average molecular weight is 353 g/mol. The molecule has 0 spiro atoms. The Labute approximate surface area is 119 Å². The third kappa shape index (κ3) is 3.57. The van der Waals surface area contributed by atoms with E-state index in [2.05, 4.69) is 31.2 Å². The maximum absolute atomic E-state index is 12.5. The number of nitrogens with zero attached hydrogens (tertiary/aromatic N) is 2. The molecule has 0 unspecified atom stereocenters. The number of nitrogens with two attached hydrogens (primary N) is 1. The normalized spacial score (nSPS) is 11.6. The van der Waals surface area contributed by atoms with Gasteiger partial charge >= 0.3 is 6.18 Å². The zero-order valence-corrected chi connectivity index (χ0v) is 11.7. The quantitative estimate of drug-likeness (QED) is 0.886. The molecule has 3 N–H and O–H groups in total. The Morgan fingerprint density at radius 1 is 1.37 bits per heavy atom. The van der Waals surface area contributed by atoms with Crippen LogP contribution in [0.3, 0.4) is 0 Å². The van der Waals surface area contributed by atoms with Gasteiger partial charge in [-0.2, -0.15) is 18.2 Å². The Morgan fingerprint density at radius 2 is 2.11 bits per heavy atom. The van der Waals surface area contributed by atoms with Crippen molar-refractivity contribution in [2.24, 2.45) is 0 Å². The fraction of sp³-hybridized carbons (Fsp3) is 0.200. The van der Waals surface area contributed by atoms with Crippen LogP contribution < -0.4 is 11.1 Å². The minimum Gasteiger partial charge on any atom is -0.368 e. The smallest absolute Gasteiger partial charge is 0.368 e. The minimum atomic E-state index is -4.54. The first kappa shape index (κ1) is 14.1. The minimum absolute atomic E-state index is 0.0418. The fourth-order valence-corrected chi connectivity index (χ4v) is 2.76. The second kappa shape index (κ2) is 5.33. The molecule has 2 aromatic rings. The summed E-state index contributed by atoms with van der Waals surface area (Å²) in [7, 11) is 0. The summed E-state index contributed by atoms with van der Waals surface area (Å²) in [5.41, 5.74) is 4.20. The predicted molar refractivity (Wildman–Crippen MR) is 70.8 cm³/mol. The zero-order valence-electron chi connectivity index (χ0n) is 9.33. The van der Waals surface area contributed by atoms with Crippen LogP contribution in [0.1, 0.15) is 10.6 Å². The van der Waals surface area contributed by atoms with Crippen molar-refractivity contribution in [1.82, 2.24) is 9.97 Å². The van der Waals surface area contributed by atoms with Crippen LogP contribution in [0.4, 0.5) is 24.9 Å². The number of hydrogen-bond acceptors (Lipinski definition) is 5. The lowest BCUT2D eigenvalue weighted by Gasteiger charge is -2.09. The van der Waals surface area contributed by atoms with Crippen molar-refractivity contribution in [1.29, 1.82) is 0 Å². The summed E-state index contributed by atoms with van der Waals surface area (Å²) in [5.74, 6) is -0.373. The molecule has 2 heterocycles. The lowest BCUT2D eigenvalue weighted by Crippen LogP contribution is -2.12. The van der Waals surface area contributed by atoms with Crippen LogP contribution in [0, 0.1) is 0 Å². The van der Waals surface area contributed by atoms with Crippen molar-refractivity contribution in [2.75, 3.05) is 11.1 Å². The SMILES string of the molecule is Nc1nc(NCc2sccc2Br)cc(C(F)(F)F)n1. The van der Waals surface area contributed by atoms with E-state index in [4.69, 9.17) is 5.73 Å². The van der Waals surface area contributed by atoms with Crippen molar-refractivity contribution >= 4 is 39.0 Å². The first-order valence-corrected chi connectivity index (χ1v) is 6.71. The molecule has 0 saturated carbocycles. The summed E-state index contributed by atoms with van der Waals surface area (Å²) < 4.78 is 38.5. The molecule has 19 heavy (non-hydrogen) atoms. The molecule has 0 atom stereocenters. The van der Waals surface area contributed by atoms with Gasteiger partial charge in [0.1, 0.15) is 5.82 Å². The van der Waals surface area contributed by atoms with Crippen LogP contribution in [0.15, 0.2) is 22.0 Å². The molecule has 2 rings (SSSR count). The number of nitrogen functional groups attached to an aromatic ring is 1. The standard InChI is InChI=1S/C10H8BrF3N4S/c11-5-1-2-19-6(5)4-16-8-3-7(10(12,13)14)17-9(15)18-8/h1-3H,4H2,(H3,15,16,17,18). The van der Waals surface area contributed by atoms with Crippen LogP contribution in [0.25, 0.3) is 0 Å². The fourth-order valence-electron chi connectivity index (χ4n) is 1.32. The van der Waals surface area contributed by atoms with Gasteiger partial charge in [0.2, 0.25) is 5.95 Å². The first-order valence-electron chi connectivity index (χ1n) is 5.04. The second-order valence-electron chi connectivity index (χ2n) is 3.54.